The summed E-state index contributed by atoms with van der Waals surface area (Å²) in [6.45, 7) is 0.419. The second kappa shape index (κ2) is 6.02. The van der Waals surface area contributed by atoms with Crippen LogP contribution in [0.15, 0.2) is 53.7 Å². The number of para-hydroxylation sites is 1. The minimum atomic E-state index is 0.359. The van der Waals surface area contributed by atoms with Gasteiger partial charge in [-0.3, -0.25) is 4.98 Å². The van der Waals surface area contributed by atoms with Crippen molar-refractivity contribution in [1.82, 2.24) is 4.98 Å². The van der Waals surface area contributed by atoms with E-state index in [1.165, 1.54) is 0 Å². The molecular formula is C13H13ClN4. The summed E-state index contributed by atoms with van der Waals surface area (Å²) < 4.78 is 0. The molecule has 0 fully saturated rings. The molecule has 2 rings (SSSR count). The molecule has 0 aliphatic heterocycles. The van der Waals surface area contributed by atoms with Gasteiger partial charge in [0.05, 0.1) is 17.3 Å². The number of nitrogens with two attached hydrogens (primary N) is 1. The van der Waals surface area contributed by atoms with Crippen LogP contribution in [0.2, 0.25) is 5.02 Å². The number of rotatable bonds is 3. The van der Waals surface area contributed by atoms with E-state index in [2.05, 4.69) is 15.3 Å². The molecular weight excluding hydrogens is 248 g/mol. The number of hydrogen-bond donors (Lipinski definition) is 2. The molecule has 0 aliphatic carbocycles. The average Bonchev–Trinajstić information content (AvgIpc) is 2.39. The molecule has 4 nitrogen and oxygen atoms in total. The molecule has 0 saturated carbocycles. The van der Waals surface area contributed by atoms with Gasteiger partial charge in [0, 0.05) is 11.9 Å². The number of aromatic nitrogens is 1. The summed E-state index contributed by atoms with van der Waals surface area (Å²) in [5.74, 6) is 0.359. The molecule has 1 aromatic heterocycles. The van der Waals surface area contributed by atoms with Gasteiger partial charge in [0.15, 0.2) is 5.96 Å². The lowest BCUT2D eigenvalue weighted by molar-refractivity contribution is 0.985. The van der Waals surface area contributed by atoms with E-state index in [4.69, 9.17) is 17.3 Å². The Balaban J connectivity index is 1.95. The lowest BCUT2D eigenvalue weighted by Crippen LogP contribution is -2.22. The summed E-state index contributed by atoms with van der Waals surface area (Å²) in [4.78, 5) is 8.33. The summed E-state index contributed by atoms with van der Waals surface area (Å²) in [5.41, 5.74) is 7.49. The van der Waals surface area contributed by atoms with Gasteiger partial charge in [-0.25, -0.2) is 4.99 Å². The fourth-order valence-corrected chi connectivity index (χ4v) is 1.49. The van der Waals surface area contributed by atoms with E-state index in [0.717, 1.165) is 11.4 Å². The molecule has 92 valence electrons. The van der Waals surface area contributed by atoms with Crippen molar-refractivity contribution in [3.63, 3.8) is 0 Å². The highest BCUT2D eigenvalue weighted by atomic mass is 35.5. The largest absolute Gasteiger partial charge is 0.370 e. The van der Waals surface area contributed by atoms with Crippen molar-refractivity contribution in [2.24, 2.45) is 10.7 Å². The third kappa shape index (κ3) is 3.75. The fraction of sp³-hybridized carbons (Fsp3) is 0.0769. The van der Waals surface area contributed by atoms with Gasteiger partial charge >= 0.3 is 0 Å². The summed E-state index contributed by atoms with van der Waals surface area (Å²) in [6, 6.07) is 13.2. The Morgan fingerprint density at radius 1 is 1.22 bits per heavy atom. The molecule has 0 radical (unpaired) electrons. The van der Waals surface area contributed by atoms with Crippen molar-refractivity contribution in [2.75, 3.05) is 5.32 Å². The van der Waals surface area contributed by atoms with Crippen LogP contribution in [-0.2, 0) is 6.54 Å². The summed E-state index contributed by atoms with van der Waals surface area (Å²) in [7, 11) is 0. The maximum atomic E-state index is 5.77. The Kier molecular flexibility index (Phi) is 4.15. The third-order valence-electron chi connectivity index (χ3n) is 2.25. The number of guanidine groups is 1. The van der Waals surface area contributed by atoms with Crippen molar-refractivity contribution >= 4 is 23.2 Å². The number of hydrogen-bond acceptors (Lipinski definition) is 2. The van der Waals surface area contributed by atoms with Gasteiger partial charge in [-0.05, 0) is 24.3 Å². The van der Waals surface area contributed by atoms with Crippen LogP contribution in [0.25, 0.3) is 0 Å². The maximum Gasteiger partial charge on any atom is 0.193 e. The van der Waals surface area contributed by atoms with E-state index in [1.807, 2.05) is 36.4 Å². The molecule has 1 aromatic carbocycles. The quantitative estimate of drug-likeness (QED) is 0.659. The van der Waals surface area contributed by atoms with E-state index < -0.39 is 0 Å². The highest BCUT2D eigenvalue weighted by Gasteiger charge is 1.96. The van der Waals surface area contributed by atoms with Crippen LogP contribution >= 0.6 is 11.6 Å². The molecule has 0 spiro atoms. The van der Waals surface area contributed by atoms with E-state index in [-0.39, 0.29) is 0 Å². The molecule has 0 bridgehead atoms. The molecule has 0 amide bonds. The van der Waals surface area contributed by atoms with Gasteiger partial charge in [-0.15, -0.1) is 0 Å². The van der Waals surface area contributed by atoms with Crippen LogP contribution in [0.3, 0.4) is 0 Å². The SMILES string of the molecule is NC(=NCc1ccc(Cl)cn1)Nc1ccccc1. The third-order valence-corrected chi connectivity index (χ3v) is 2.47. The standard InChI is InChI=1S/C13H13ClN4/c14-10-6-7-12(16-8-10)9-17-13(15)18-11-4-2-1-3-5-11/h1-8H,9H2,(H3,15,17,18). The molecule has 0 saturated heterocycles. The second-order valence-electron chi connectivity index (χ2n) is 3.66. The van der Waals surface area contributed by atoms with Crippen molar-refractivity contribution < 1.29 is 0 Å². The Bertz CT molecular complexity index is 522. The Labute approximate surface area is 111 Å². The van der Waals surface area contributed by atoms with Crippen LogP contribution in [0.1, 0.15) is 5.69 Å². The smallest absolute Gasteiger partial charge is 0.193 e. The predicted molar refractivity (Wildman–Crippen MR) is 74.6 cm³/mol. The van der Waals surface area contributed by atoms with Gasteiger partial charge in [-0.2, -0.15) is 0 Å². The summed E-state index contributed by atoms with van der Waals surface area (Å²) >= 11 is 5.75. The number of nitrogens with zero attached hydrogens (tertiary/aromatic N) is 2. The normalized spacial score (nSPS) is 11.3. The summed E-state index contributed by atoms with van der Waals surface area (Å²) in [6.07, 6.45) is 1.59. The van der Waals surface area contributed by atoms with E-state index in [0.29, 0.717) is 17.5 Å². The molecule has 0 atom stereocenters. The highest BCUT2D eigenvalue weighted by molar-refractivity contribution is 6.30. The first-order valence-corrected chi connectivity index (χ1v) is 5.84. The van der Waals surface area contributed by atoms with Crippen molar-refractivity contribution in [3.8, 4) is 0 Å². The molecule has 3 N–H and O–H groups in total. The van der Waals surface area contributed by atoms with Gasteiger partial charge < -0.3 is 11.1 Å². The monoisotopic (exact) mass is 260 g/mol. The zero-order chi connectivity index (χ0) is 12.8. The maximum absolute atomic E-state index is 5.77. The molecule has 5 heteroatoms. The molecule has 1 heterocycles. The minimum absolute atomic E-state index is 0.359. The van der Waals surface area contributed by atoms with Crippen LogP contribution in [-0.4, -0.2) is 10.9 Å². The Morgan fingerprint density at radius 2 is 2.00 bits per heavy atom. The topological polar surface area (TPSA) is 63.3 Å². The Hall–Kier alpha value is -2.07. The van der Waals surface area contributed by atoms with Gasteiger partial charge in [0.2, 0.25) is 0 Å². The van der Waals surface area contributed by atoms with Crippen LogP contribution in [0.4, 0.5) is 5.69 Å². The minimum Gasteiger partial charge on any atom is -0.370 e. The number of anilines is 1. The van der Waals surface area contributed by atoms with Crippen LogP contribution in [0, 0.1) is 0 Å². The molecule has 2 aromatic rings. The molecule has 0 aliphatic rings. The van der Waals surface area contributed by atoms with Gasteiger partial charge in [0.25, 0.3) is 0 Å². The van der Waals surface area contributed by atoms with Crippen LogP contribution < -0.4 is 11.1 Å². The van der Waals surface area contributed by atoms with Crippen molar-refractivity contribution in [1.29, 1.82) is 0 Å². The van der Waals surface area contributed by atoms with Crippen LogP contribution in [0.5, 0.6) is 0 Å². The Morgan fingerprint density at radius 3 is 2.67 bits per heavy atom. The number of benzene rings is 1. The predicted octanol–water partition coefficient (Wildman–Crippen LogP) is 2.66. The molecule has 0 unspecified atom stereocenters. The second-order valence-corrected chi connectivity index (χ2v) is 4.10. The summed E-state index contributed by atoms with van der Waals surface area (Å²) in [5, 5.41) is 3.61. The lowest BCUT2D eigenvalue weighted by atomic mass is 10.3. The number of aliphatic imine (C=N–C) groups is 1. The first-order chi connectivity index (χ1) is 8.74. The van der Waals surface area contributed by atoms with E-state index >= 15 is 0 Å². The zero-order valence-electron chi connectivity index (χ0n) is 9.68. The zero-order valence-corrected chi connectivity index (χ0v) is 10.4. The highest BCUT2D eigenvalue weighted by Crippen LogP contribution is 2.07. The first-order valence-electron chi connectivity index (χ1n) is 5.46. The number of pyridine rings is 1. The van der Waals surface area contributed by atoms with E-state index in [9.17, 15) is 0 Å². The number of halogens is 1. The fourth-order valence-electron chi connectivity index (χ4n) is 1.38. The van der Waals surface area contributed by atoms with Gasteiger partial charge in [0.1, 0.15) is 0 Å². The first kappa shape index (κ1) is 12.4. The lowest BCUT2D eigenvalue weighted by Gasteiger charge is -2.04. The average molecular weight is 261 g/mol. The van der Waals surface area contributed by atoms with Crippen molar-refractivity contribution in [2.45, 2.75) is 6.54 Å². The van der Waals surface area contributed by atoms with E-state index in [1.54, 1.807) is 12.3 Å². The molecule has 18 heavy (non-hydrogen) atoms. The van der Waals surface area contributed by atoms with Gasteiger partial charge in [-0.1, -0.05) is 29.8 Å². The van der Waals surface area contributed by atoms with Crippen molar-refractivity contribution in [3.05, 3.63) is 59.4 Å². The number of nitrogens with one attached hydrogen (secondary N) is 1.